The molecule has 0 radical (unpaired) electrons. The minimum atomic E-state index is -2.43. The van der Waals surface area contributed by atoms with Crippen molar-refractivity contribution >= 4 is 33.0 Å². The molecule has 0 amide bonds. The van der Waals surface area contributed by atoms with E-state index < -0.39 is 12.7 Å². The fraction of sp³-hybridized carbons (Fsp3) is 0.140. The molecule has 0 atom stereocenters. The normalized spacial score (nSPS) is 12.9. The van der Waals surface area contributed by atoms with Crippen molar-refractivity contribution in [1.29, 1.82) is 0 Å². The van der Waals surface area contributed by atoms with E-state index in [2.05, 4.69) is 99.0 Å². The van der Waals surface area contributed by atoms with Gasteiger partial charge in [-0.3, -0.25) is 4.57 Å². The second kappa shape index (κ2) is 13.3. The molecule has 0 unspecified atom stereocenters. The SMILES string of the molecule is [2H]C([2H])([2H])c1ccc2c(oc3c(-c4nc5ccccc5n4-c4c(C(C)C)cc(-c5ccc(-c6ccccc6)cc5)cc4C(C)C)cccc32)c1-c1ccc(F)cc1. The maximum atomic E-state index is 14.1. The molecule has 0 aliphatic rings. The number of benzene rings is 7. The molecule has 3 nitrogen and oxygen atoms in total. The first-order chi connectivity index (χ1) is 27.5. The van der Waals surface area contributed by atoms with Crippen LogP contribution in [0.5, 0.6) is 0 Å². The summed E-state index contributed by atoms with van der Waals surface area (Å²) in [7, 11) is 0. The van der Waals surface area contributed by atoms with E-state index in [1.807, 2.05) is 48.5 Å². The van der Waals surface area contributed by atoms with E-state index in [-0.39, 0.29) is 17.4 Å². The van der Waals surface area contributed by atoms with Gasteiger partial charge in [-0.15, -0.1) is 0 Å². The first-order valence-corrected chi connectivity index (χ1v) is 18.5. The Morgan fingerprint density at radius 2 is 1.20 bits per heavy atom. The van der Waals surface area contributed by atoms with Gasteiger partial charge in [-0.2, -0.15) is 0 Å². The lowest BCUT2D eigenvalue weighted by atomic mass is 9.87. The van der Waals surface area contributed by atoms with E-state index in [1.54, 1.807) is 18.2 Å². The monoisotopic (exact) mass is 707 g/mol. The molecule has 0 N–H and O–H groups in total. The Balaban J connectivity index is 1.29. The van der Waals surface area contributed by atoms with Crippen LogP contribution in [0.15, 0.2) is 150 Å². The number of para-hydroxylation sites is 3. The van der Waals surface area contributed by atoms with Crippen LogP contribution in [0.4, 0.5) is 4.39 Å². The van der Waals surface area contributed by atoms with E-state index in [1.165, 1.54) is 34.4 Å². The third-order valence-electron chi connectivity index (χ3n) is 10.6. The van der Waals surface area contributed by atoms with Gasteiger partial charge >= 0.3 is 0 Å². The Morgan fingerprint density at radius 3 is 1.89 bits per heavy atom. The number of rotatable bonds is 7. The quantitative estimate of drug-likeness (QED) is 0.165. The Kier molecular flexibility index (Phi) is 7.45. The lowest BCUT2D eigenvalue weighted by molar-refractivity contribution is 0.628. The van der Waals surface area contributed by atoms with Gasteiger partial charge < -0.3 is 4.42 Å². The van der Waals surface area contributed by atoms with E-state index in [0.29, 0.717) is 22.3 Å². The zero-order chi connectivity index (χ0) is 39.6. The number of aromatic nitrogens is 2. The van der Waals surface area contributed by atoms with Crippen molar-refractivity contribution in [2.24, 2.45) is 0 Å². The molecular weight excluding hydrogens is 664 g/mol. The van der Waals surface area contributed by atoms with Crippen LogP contribution in [0.1, 0.15) is 60.3 Å². The minimum Gasteiger partial charge on any atom is -0.455 e. The number of imidazole rings is 1. The van der Waals surface area contributed by atoms with E-state index in [4.69, 9.17) is 13.5 Å². The molecule has 9 aromatic rings. The molecule has 2 aromatic heterocycles. The fourth-order valence-electron chi connectivity index (χ4n) is 7.85. The second-order valence-corrected chi connectivity index (χ2v) is 14.7. The number of aryl methyl sites for hydroxylation is 1. The molecule has 0 spiro atoms. The third-order valence-corrected chi connectivity index (χ3v) is 10.6. The lowest BCUT2D eigenvalue weighted by Gasteiger charge is -2.24. The largest absolute Gasteiger partial charge is 0.455 e. The number of fused-ring (bicyclic) bond motifs is 4. The van der Waals surface area contributed by atoms with Crippen LogP contribution in [0, 0.1) is 12.7 Å². The van der Waals surface area contributed by atoms with Gasteiger partial charge in [0.2, 0.25) is 0 Å². The number of nitrogens with zero attached hydrogens (tertiary/aromatic N) is 2. The summed E-state index contributed by atoms with van der Waals surface area (Å²) in [6, 6.07) is 47.5. The standard InChI is InChI=1S/C50H41FN2O/c1-30(2)42-28-37(35-21-19-34(20-22-35)33-12-7-6-8-13-33)29-43(31(3)4)47(42)53-45-17-10-9-16-44(45)52-50(53)41-15-11-14-39-40-27-18-32(5)46(49(40)54-48(39)41)36-23-25-38(51)26-24-36/h6-31H,1-5H3/i5D3. The first-order valence-electron chi connectivity index (χ1n) is 20.0. The van der Waals surface area contributed by atoms with E-state index in [9.17, 15) is 4.39 Å². The van der Waals surface area contributed by atoms with Crippen molar-refractivity contribution in [2.45, 2.75) is 46.4 Å². The molecule has 0 aliphatic heterocycles. The van der Waals surface area contributed by atoms with Crippen molar-refractivity contribution in [3.63, 3.8) is 0 Å². The minimum absolute atomic E-state index is 0.146. The molecule has 0 fully saturated rings. The predicted octanol–water partition coefficient (Wildman–Crippen LogP) is 14.3. The average Bonchev–Trinajstić information content (AvgIpc) is 3.79. The average molecular weight is 708 g/mol. The molecular formula is C50H41FN2O. The molecule has 0 saturated carbocycles. The predicted molar refractivity (Wildman–Crippen MR) is 223 cm³/mol. The molecule has 2 heterocycles. The van der Waals surface area contributed by atoms with Crippen LogP contribution in [0.2, 0.25) is 0 Å². The summed E-state index contributed by atoms with van der Waals surface area (Å²) in [5, 5.41) is 1.61. The molecule has 4 heteroatoms. The Hall–Kier alpha value is -6.26. The van der Waals surface area contributed by atoms with Crippen molar-refractivity contribution in [1.82, 2.24) is 9.55 Å². The third kappa shape index (κ3) is 5.61. The van der Waals surface area contributed by atoms with Crippen molar-refractivity contribution in [3.05, 3.63) is 168 Å². The molecule has 54 heavy (non-hydrogen) atoms. The van der Waals surface area contributed by atoms with Crippen LogP contribution >= 0.6 is 0 Å². The van der Waals surface area contributed by atoms with Crippen molar-refractivity contribution in [3.8, 4) is 50.5 Å². The van der Waals surface area contributed by atoms with Crippen LogP contribution in [0.3, 0.4) is 0 Å². The number of hydrogen-bond acceptors (Lipinski definition) is 2. The molecule has 0 aliphatic carbocycles. The summed E-state index contributed by atoms with van der Waals surface area (Å²) >= 11 is 0. The van der Waals surface area contributed by atoms with Gasteiger partial charge in [0.15, 0.2) is 0 Å². The first kappa shape index (κ1) is 30.2. The number of furan rings is 1. The summed E-state index contributed by atoms with van der Waals surface area (Å²) in [6.07, 6.45) is 0. The molecule has 9 rings (SSSR count). The van der Waals surface area contributed by atoms with Crippen LogP contribution in [-0.4, -0.2) is 9.55 Å². The lowest BCUT2D eigenvalue weighted by Crippen LogP contribution is -2.09. The van der Waals surface area contributed by atoms with Gasteiger partial charge in [0.25, 0.3) is 0 Å². The Labute approximate surface area is 319 Å². The van der Waals surface area contributed by atoms with Crippen molar-refractivity contribution < 1.29 is 12.9 Å². The molecule has 7 aromatic carbocycles. The fourth-order valence-corrected chi connectivity index (χ4v) is 7.85. The summed E-state index contributed by atoms with van der Waals surface area (Å²) < 4.78 is 48.5. The highest BCUT2D eigenvalue weighted by atomic mass is 19.1. The highest BCUT2D eigenvalue weighted by Gasteiger charge is 2.26. The molecule has 0 bridgehead atoms. The summed E-state index contributed by atoms with van der Waals surface area (Å²) in [5.74, 6) is 0.675. The van der Waals surface area contributed by atoms with E-state index in [0.717, 1.165) is 50.0 Å². The van der Waals surface area contributed by atoms with Gasteiger partial charge in [0.05, 0.1) is 22.3 Å². The van der Waals surface area contributed by atoms with Gasteiger partial charge in [0.1, 0.15) is 22.8 Å². The Bertz CT molecular complexity index is 2910. The zero-order valence-corrected chi connectivity index (χ0v) is 30.7. The van der Waals surface area contributed by atoms with Crippen LogP contribution in [0.25, 0.3) is 83.4 Å². The smallest absolute Gasteiger partial charge is 0.149 e. The summed E-state index contributed by atoms with van der Waals surface area (Å²) in [4.78, 5) is 5.32. The number of halogens is 1. The van der Waals surface area contributed by atoms with Crippen LogP contribution in [-0.2, 0) is 0 Å². The van der Waals surface area contributed by atoms with Gasteiger partial charge in [0, 0.05) is 20.4 Å². The Morgan fingerprint density at radius 1 is 0.593 bits per heavy atom. The summed E-state index contributed by atoms with van der Waals surface area (Å²) in [5.41, 5.74) is 13.0. The molecule has 0 saturated heterocycles. The highest BCUT2D eigenvalue weighted by Crippen LogP contribution is 2.44. The maximum Gasteiger partial charge on any atom is 0.149 e. The van der Waals surface area contributed by atoms with Gasteiger partial charge in [-0.25, -0.2) is 9.37 Å². The van der Waals surface area contributed by atoms with Gasteiger partial charge in [-0.05, 0) is 106 Å². The van der Waals surface area contributed by atoms with E-state index >= 15 is 0 Å². The topological polar surface area (TPSA) is 31.0 Å². The maximum absolute atomic E-state index is 14.1. The zero-order valence-electron chi connectivity index (χ0n) is 33.7. The van der Waals surface area contributed by atoms with Crippen LogP contribution < -0.4 is 0 Å². The molecule has 264 valence electrons. The van der Waals surface area contributed by atoms with Gasteiger partial charge in [-0.1, -0.05) is 131 Å². The second-order valence-electron chi connectivity index (χ2n) is 14.7. The van der Waals surface area contributed by atoms with Crippen molar-refractivity contribution in [2.75, 3.05) is 0 Å². The number of hydrogen-bond donors (Lipinski definition) is 0. The summed E-state index contributed by atoms with van der Waals surface area (Å²) in [6.45, 7) is 6.53. The highest BCUT2D eigenvalue weighted by molar-refractivity contribution is 6.13.